The van der Waals surface area contributed by atoms with E-state index in [1.807, 2.05) is 13.0 Å². The Bertz CT molecular complexity index is 364. The van der Waals surface area contributed by atoms with Crippen LogP contribution in [0, 0.1) is 5.82 Å². The van der Waals surface area contributed by atoms with Crippen molar-refractivity contribution < 1.29 is 9.50 Å². The molecule has 2 heteroatoms. The van der Waals surface area contributed by atoms with E-state index in [4.69, 9.17) is 0 Å². The van der Waals surface area contributed by atoms with E-state index in [0.717, 1.165) is 19.3 Å². The molecule has 0 bridgehead atoms. The van der Waals surface area contributed by atoms with Crippen LogP contribution in [-0.4, -0.2) is 5.11 Å². The van der Waals surface area contributed by atoms with Gasteiger partial charge in [-0.1, -0.05) is 64.5 Å². The van der Waals surface area contributed by atoms with Gasteiger partial charge in [-0.3, -0.25) is 0 Å². The van der Waals surface area contributed by atoms with Crippen molar-refractivity contribution >= 4 is 0 Å². The Hall–Kier alpha value is -0.890. The number of hydrogen-bond acceptors (Lipinski definition) is 1. The van der Waals surface area contributed by atoms with E-state index in [9.17, 15) is 9.50 Å². The number of benzene rings is 1. The minimum Gasteiger partial charge on any atom is -0.385 e. The summed E-state index contributed by atoms with van der Waals surface area (Å²) in [4.78, 5) is 0. The van der Waals surface area contributed by atoms with Gasteiger partial charge in [-0.15, -0.1) is 0 Å². The van der Waals surface area contributed by atoms with Gasteiger partial charge in [0.25, 0.3) is 0 Å². The van der Waals surface area contributed by atoms with E-state index in [1.165, 1.54) is 37.8 Å². The maximum Gasteiger partial charge on any atom is 0.123 e. The minimum atomic E-state index is -0.868. The Balaban J connectivity index is 2.47. The highest BCUT2D eigenvalue weighted by molar-refractivity contribution is 5.23. The average molecular weight is 266 g/mol. The van der Waals surface area contributed by atoms with Crippen LogP contribution >= 0.6 is 0 Å². The van der Waals surface area contributed by atoms with Crippen molar-refractivity contribution in [1.29, 1.82) is 0 Å². The molecule has 108 valence electrons. The summed E-state index contributed by atoms with van der Waals surface area (Å²) in [7, 11) is 0. The van der Waals surface area contributed by atoms with Crippen LogP contribution in [0.1, 0.15) is 70.8 Å². The summed E-state index contributed by atoms with van der Waals surface area (Å²) in [6, 6.07) is 6.38. The second-order valence-corrected chi connectivity index (χ2v) is 5.41. The van der Waals surface area contributed by atoms with Crippen molar-refractivity contribution in [2.24, 2.45) is 0 Å². The lowest BCUT2D eigenvalue weighted by Crippen LogP contribution is -2.24. The number of aliphatic hydroxyl groups is 1. The first kappa shape index (κ1) is 16.2. The van der Waals surface area contributed by atoms with E-state index >= 15 is 0 Å². The zero-order chi connectivity index (χ0) is 14.1. The van der Waals surface area contributed by atoms with Gasteiger partial charge in [0.2, 0.25) is 0 Å². The maximum atomic E-state index is 13.3. The second kappa shape index (κ2) is 8.31. The lowest BCUT2D eigenvalue weighted by atomic mass is 9.86. The van der Waals surface area contributed by atoms with Gasteiger partial charge in [0.1, 0.15) is 5.82 Å². The van der Waals surface area contributed by atoms with Gasteiger partial charge in [0.05, 0.1) is 5.60 Å². The average Bonchev–Trinajstić information content (AvgIpc) is 2.42. The van der Waals surface area contributed by atoms with Gasteiger partial charge >= 0.3 is 0 Å². The maximum absolute atomic E-state index is 13.3. The molecular weight excluding hydrogens is 239 g/mol. The molecule has 1 unspecified atom stereocenters. The third-order valence-electron chi connectivity index (χ3n) is 3.89. The minimum absolute atomic E-state index is 0.271. The van der Waals surface area contributed by atoms with Crippen LogP contribution in [0.2, 0.25) is 0 Å². The summed E-state index contributed by atoms with van der Waals surface area (Å²) < 4.78 is 13.3. The molecule has 0 heterocycles. The van der Waals surface area contributed by atoms with E-state index in [2.05, 4.69) is 6.92 Å². The zero-order valence-electron chi connectivity index (χ0n) is 12.3. The van der Waals surface area contributed by atoms with Gasteiger partial charge < -0.3 is 5.11 Å². The Morgan fingerprint density at radius 2 is 1.74 bits per heavy atom. The summed E-state index contributed by atoms with van der Waals surface area (Å²) in [5, 5.41) is 10.7. The fourth-order valence-electron chi connectivity index (χ4n) is 2.50. The molecule has 0 saturated heterocycles. The predicted octanol–water partition coefficient (Wildman–Crippen LogP) is 5.17. The van der Waals surface area contributed by atoms with E-state index in [-0.39, 0.29) is 5.82 Å². The highest BCUT2D eigenvalue weighted by Crippen LogP contribution is 2.31. The molecule has 1 N–H and O–H groups in total. The predicted molar refractivity (Wildman–Crippen MR) is 78.6 cm³/mol. The molecule has 0 fully saturated rings. The highest BCUT2D eigenvalue weighted by Gasteiger charge is 2.26. The molecule has 0 spiro atoms. The summed E-state index contributed by atoms with van der Waals surface area (Å²) in [6.45, 7) is 4.17. The largest absolute Gasteiger partial charge is 0.385 e. The molecule has 1 rings (SSSR count). The van der Waals surface area contributed by atoms with Gasteiger partial charge in [-0.25, -0.2) is 4.39 Å². The quantitative estimate of drug-likeness (QED) is 0.611. The molecule has 1 nitrogen and oxygen atoms in total. The van der Waals surface area contributed by atoms with Crippen molar-refractivity contribution in [3.63, 3.8) is 0 Å². The van der Waals surface area contributed by atoms with Crippen LogP contribution in [0.15, 0.2) is 24.3 Å². The fraction of sp³-hybridized carbons (Fsp3) is 0.647. The Kier molecular flexibility index (Phi) is 7.07. The van der Waals surface area contributed by atoms with Crippen LogP contribution in [-0.2, 0) is 5.60 Å². The topological polar surface area (TPSA) is 20.2 Å². The van der Waals surface area contributed by atoms with Gasteiger partial charge in [-0.2, -0.15) is 0 Å². The number of halogens is 1. The molecule has 1 aromatic rings. The Morgan fingerprint density at radius 1 is 1.05 bits per heavy atom. The molecule has 0 aliphatic rings. The zero-order valence-corrected chi connectivity index (χ0v) is 12.3. The smallest absolute Gasteiger partial charge is 0.123 e. The normalized spacial score (nSPS) is 14.3. The first-order chi connectivity index (χ1) is 9.12. The SMILES string of the molecule is CCCCCCCCC(O)(CC)c1cccc(F)c1. The van der Waals surface area contributed by atoms with Gasteiger partial charge in [-0.05, 0) is 30.5 Å². The fourth-order valence-corrected chi connectivity index (χ4v) is 2.50. The summed E-state index contributed by atoms with van der Waals surface area (Å²) in [6.07, 6.45) is 8.56. The summed E-state index contributed by atoms with van der Waals surface area (Å²) >= 11 is 0. The van der Waals surface area contributed by atoms with Crippen molar-refractivity contribution in [2.75, 3.05) is 0 Å². The third-order valence-corrected chi connectivity index (χ3v) is 3.89. The molecule has 0 aliphatic heterocycles. The molecule has 0 saturated carbocycles. The van der Waals surface area contributed by atoms with Crippen LogP contribution in [0.3, 0.4) is 0 Å². The van der Waals surface area contributed by atoms with Gasteiger partial charge in [0, 0.05) is 0 Å². The van der Waals surface area contributed by atoms with Crippen molar-refractivity contribution in [2.45, 2.75) is 70.8 Å². The first-order valence-corrected chi connectivity index (χ1v) is 7.61. The molecule has 1 aromatic carbocycles. The van der Waals surface area contributed by atoms with E-state index in [0.29, 0.717) is 12.0 Å². The summed E-state index contributed by atoms with van der Waals surface area (Å²) in [5.74, 6) is -0.271. The van der Waals surface area contributed by atoms with Gasteiger partial charge in [0.15, 0.2) is 0 Å². The van der Waals surface area contributed by atoms with E-state index < -0.39 is 5.60 Å². The Morgan fingerprint density at radius 3 is 2.37 bits per heavy atom. The van der Waals surface area contributed by atoms with Crippen molar-refractivity contribution in [3.05, 3.63) is 35.6 Å². The molecule has 19 heavy (non-hydrogen) atoms. The molecule has 0 aliphatic carbocycles. The summed E-state index contributed by atoms with van der Waals surface area (Å²) in [5.41, 5.74) is -0.157. The van der Waals surface area contributed by atoms with E-state index in [1.54, 1.807) is 6.07 Å². The molecular formula is C17H27FO. The molecule has 0 radical (unpaired) electrons. The van der Waals surface area contributed by atoms with Crippen LogP contribution in [0.4, 0.5) is 4.39 Å². The first-order valence-electron chi connectivity index (χ1n) is 7.61. The standard InChI is InChI=1S/C17H27FO/c1-3-5-6-7-8-9-13-17(19,4-2)15-11-10-12-16(18)14-15/h10-12,14,19H,3-9,13H2,1-2H3. The highest BCUT2D eigenvalue weighted by atomic mass is 19.1. The molecule has 0 aromatic heterocycles. The monoisotopic (exact) mass is 266 g/mol. The number of rotatable bonds is 9. The molecule has 1 atom stereocenters. The number of unbranched alkanes of at least 4 members (excludes halogenated alkanes) is 5. The molecule has 0 amide bonds. The van der Waals surface area contributed by atoms with Crippen LogP contribution in [0.5, 0.6) is 0 Å². The number of hydrogen-bond donors (Lipinski definition) is 1. The lowest BCUT2D eigenvalue weighted by molar-refractivity contribution is 0.0204. The lowest BCUT2D eigenvalue weighted by Gasteiger charge is -2.27. The second-order valence-electron chi connectivity index (χ2n) is 5.41. The van der Waals surface area contributed by atoms with Crippen molar-refractivity contribution in [3.8, 4) is 0 Å². The van der Waals surface area contributed by atoms with Crippen LogP contribution in [0.25, 0.3) is 0 Å². The van der Waals surface area contributed by atoms with Crippen LogP contribution < -0.4 is 0 Å². The van der Waals surface area contributed by atoms with Crippen molar-refractivity contribution in [1.82, 2.24) is 0 Å². The Labute approximate surface area is 116 Å². The third kappa shape index (κ3) is 5.32.